The molecule has 0 saturated heterocycles. The summed E-state index contributed by atoms with van der Waals surface area (Å²) in [5.74, 6) is -2.58. The van der Waals surface area contributed by atoms with E-state index in [0.717, 1.165) is 5.56 Å². The average molecular weight is 247 g/mol. The number of aliphatic hydroxyl groups excluding tert-OH is 1. The smallest absolute Gasteiger partial charge is 0.344 e. The van der Waals surface area contributed by atoms with E-state index >= 15 is 0 Å². The van der Waals surface area contributed by atoms with Crippen LogP contribution < -0.4 is 5.32 Å². The predicted molar refractivity (Wildman–Crippen MR) is 64.0 cm³/mol. The molecule has 5 heteroatoms. The maximum Gasteiger partial charge on any atom is 0.344 e. The summed E-state index contributed by atoms with van der Waals surface area (Å²) in [5.41, 5.74) is -0.737. The molecule has 1 aliphatic heterocycles. The van der Waals surface area contributed by atoms with E-state index in [0.29, 0.717) is 6.42 Å². The summed E-state index contributed by atoms with van der Waals surface area (Å²) < 4.78 is 0. The SMILES string of the molecule is CC1(Cc2ccccc2)NC(=O)C(C(=O)O)=C1O. The van der Waals surface area contributed by atoms with E-state index in [9.17, 15) is 14.7 Å². The Morgan fingerprint density at radius 3 is 2.44 bits per heavy atom. The lowest BCUT2D eigenvalue weighted by Crippen LogP contribution is -2.43. The molecule has 18 heavy (non-hydrogen) atoms. The number of carboxylic acids is 1. The van der Waals surface area contributed by atoms with Gasteiger partial charge in [0.05, 0.1) is 5.54 Å². The molecule has 3 N–H and O–H groups in total. The van der Waals surface area contributed by atoms with Crippen LogP contribution in [0.15, 0.2) is 41.7 Å². The van der Waals surface area contributed by atoms with Gasteiger partial charge in [0.25, 0.3) is 5.91 Å². The van der Waals surface area contributed by atoms with Crippen LogP contribution in [0.4, 0.5) is 0 Å². The third-order valence-corrected chi connectivity index (χ3v) is 2.99. The third kappa shape index (κ3) is 1.95. The van der Waals surface area contributed by atoms with Gasteiger partial charge in [0, 0.05) is 6.42 Å². The van der Waals surface area contributed by atoms with Gasteiger partial charge in [-0.1, -0.05) is 30.3 Å². The number of carbonyl (C=O) groups excluding carboxylic acids is 1. The molecule has 1 aromatic rings. The van der Waals surface area contributed by atoms with Crippen LogP contribution in [0.3, 0.4) is 0 Å². The quantitative estimate of drug-likeness (QED) is 0.696. The van der Waals surface area contributed by atoms with Gasteiger partial charge in [0.15, 0.2) is 5.57 Å². The monoisotopic (exact) mass is 247 g/mol. The highest BCUT2D eigenvalue weighted by atomic mass is 16.4. The van der Waals surface area contributed by atoms with Crippen molar-refractivity contribution in [3.8, 4) is 0 Å². The molecule has 0 fully saturated rings. The first-order valence-electron chi connectivity index (χ1n) is 5.47. The Kier molecular flexibility index (Phi) is 2.82. The number of hydrogen-bond acceptors (Lipinski definition) is 3. The fourth-order valence-corrected chi connectivity index (χ4v) is 2.09. The van der Waals surface area contributed by atoms with Crippen molar-refractivity contribution < 1.29 is 19.8 Å². The number of aliphatic hydroxyl groups is 1. The standard InChI is InChI=1S/C13H13NO4/c1-13(7-8-5-3-2-4-6-8)10(15)9(12(17)18)11(16)14-13/h2-6,15H,7H2,1H3,(H,14,16)(H,17,18). The summed E-state index contributed by atoms with van der Waals surface area (Å²) in [5, 5.41) is 21.3. The van der Waals surface area contributed by atoms with Crippen LogP contribution in [-0.4, -0.2) is 27.6 Å². The van der Waals surface area contributed by atoms with Crippen LogP contribution in [-0.2, 0) is 16.0 Å². The van der Waals surface area contributed by atoms with E-state index in [-0.39, 0.29) is 0 Å². The zero-order chi connectivity index (χ0) is 13.3. The molecule has 1 aliphatic rings. The Labute approximate surface area is 104 Å². The molecule has 94 valence electrons. The zero-order valence-electron chi connectivity index (χ0n) is 9.80. The van der Waals surface area contributed by atoms with Crippen LogP contribution in [0.25, 0.3) is 0 Å². The van der Waals surface area contributed by atoms with Gasteiger partial charge in [-0.2, -0.15) is 0 Å². The minimum Gasteiger partial charge on any atom is -0.509 e. The molecule has 0 aliphatic carbocycles. The summed E-state index contributed by atoms with van der Waals surface area (Å²) in [7, 11) is 0. The number of carbonyl (C=O) groups is 2. The van der Waals surface area contributed by atoms with E-state index in [2.05, 4.69) is 5.32 Å². The largest absolute Gasteiger partial charge is 0.509 e. The van der Waals surface area contributed by atoms with Crippen molar-refractivity contribution in [1.29, 1.82) is 0 Å². The maximum absolute atomic E-state index is 11.5. The van der Waals surface area contributed by atoms with Gasteiger partial charge in [-0.25, -0.2) is 4.79 Å². The Morgan fingerprint density at radius 1 is 1.33 bits per heavy atom. The first-order chi connectivity index (χ1) is 8.44. The van der Waals surface area contributed by atoms with Crippen LogP contribution in [0.5, 0.6) is 0 Å². The second-order valence-electron chi connectivity index (χ2n) is 4.48. The molecule has 0 spiro atoms. The molecule has 1 atom stereocenters. The normalized spacial score (nSPS) is 23.1. The van der Waals surface area contributed by atoms with E-state index in [1.807, 2.05) is 30.3 Å². The van der Waals surface area contributed by atoms with E-state index in [4.69, 9.17) is 5.11 Å². The lowest BCUT2D eigenvalue weighted by Gasteiger charge is -2.24. The second-order valence-corrected chi connectivity index (χ2v) is 4.48. The number of carboxylic acid groups (broad SMARTS) is 1. The summed E-state index contributed by atoms with van der Waals surface area (Å²) in [6.45, 7) is 1.60. The summed E-state index contributed by atoms with van der Waals surface area (Å²) in [6, 6.07) is 9.24. The number of benzene rings is 1. The minimum atomic E-state index is -1.42. The van der Waals surface area contributed by atoms with E-state index in [1.165, 1.54) is 0 Å². The molecule has 0 radical (unpaired) electrons. The van der Waals surface area contributed by atoms with Crippen molar-refractivity contribution in [1.82, 2.24) is 5.32 Å². The number of nitrogens with one attached hydrogen (secondary N) is 1. The molecule has 1 amide bonds. The molecule has 1 aromatic carbocycles. The first kappa shape index (κ1) is 12.2. The lowest BCUT2D eigenvalue weighted by molar-refractivity contribution is -0.134. The van der Waals surface area contributed by atoms with Gasteiger partial charge in [-0.15, -0.1) is 0 Å². The fraction of sp³-hybridized carbons (Fsp3) is 0.231. The van der Waals surface area contributed by atoms with Crippen LogP contribution in [0, 0.1) is 0 Å². The van der Waals surface area contributed by atoms with E-state index in [1.54, 1.807) is 6.92 Å². The summed E-state index contributed by atoms with van der Waals surface area (Å²) >= 11 is 0. The molecule has 1 unspecified atom stereocenters. The number of rotatable bonds is 3. The van der Waals surface area contributed by atoms with Crippen molar-refractivity contribution in [2.24, 2.45) is 0 Å². The topological polar surface area (TPSA) is 86.6 Å². The predicted octanol–water partition coefficient (Wildman–Crippen LogP) is 1.01. The van der Waals surface area contributed by atoms with Crippen LogP contribution in [0.1, 0.15) is 12.5 Å². The number of aliphatic carboxylic acids is 1. The Hall–Kier alpha value is -2.30. The summed E-state index contributed by atoms with van der Waals surface area (Å²) in [6.07, 6.45) is 0.336. The molecule has 0 bridgehead atoms. The van der Waals surface area contributed by atoms with Gasteiger partial charge in [0.2, 0.25) is 0 Å². The van der Waals surface area contributed by atoms with Gasteiger partial charge in [-0.3, -0.25) is 4.79 Å². The highest BCUT2D eigenvalue weighted by molar-refractivity contribution is 6.18. The van der Waals surface area contributed by atoms with Crippen molar-refractivity contribution >= 4 is 11.9 Å². The van der Waals surface area contributed by atoms with Gasteiger partial charge >= 0.3 is 5.97 Å². The molecular formula is C13H13NO4. The Bertz CT molecular complexity index is 535. The fourth-order valence-electron chi connectivity index (χ4n) is 2.09. The Balaban J connectivity index is 2.34. The Morgan fingerprint density at radius 2 is 1.94 bits per heavy atom. The first-order valence-corrected chi connectivity index (χ1v) is 5.47. The maximum atomic E-state index is 11.5. The molecule has 2 rings (SSSR count). The van der Waals surface area contributed by atoms with Gasteiger partial charge in [0.1, 0.15) is 5.76 Å². The molecule has 1 heterocycles. The molecule has 5 nitrogen and oxygen atoms in total. The third-order valence-electron chi connectivity index (χ3n) is 2.99. The average Bonchev–Trinajstić information content (AvgIpc) is 2.50. The number of amides is 1. The van der Waals surface area contributed by atoms with E-state index < -0.39 is 28.7 Å². The second kappa shape index (κ2) is 4.18. The van der Waals surface area contributed by atoms with Crippen molar-refractivity contribution in [3.63, 3.8) is 0 Å². The number of hydrogen-bond donors (Lipinski definition) is 3. The molecule has 0 aromatic heterocycles. The highest BCUT2D eigenvalue weighted by Gasteiger charge is 2.44. The van der Waals surface area contributed by atoms with Crippen LogP contribution in [0.2, 0.25) is 0 Å². The summed E-state index contributed by atoms with van der Waals surface area (Å²) in [4.78, 5) is 22.4. The molecular weight excluding hydrogens is 234 g/mol. The van der Waals surface area contributed by atoms with Crippen molar-refractivity contribution in [2.45, 2.75) is 18.9 Å². The van der Waals surface area contributed by atoms with Crippen LogP contribution >= 0.6 is 0 Å². The van der Waals surface area contributed by atoms with Gasteiger partial charge < -0.3 is 15.5 Å². The van der Waals surface area contributed by atoms with Crippen molar-refractivity contribution in [2.75, 3.05) is 0 Å². The zero-order valence-corrected chi connectivity index (χ0v) is 9.80. The highest BCUT2D eigenvalue weighted by Crippen LogP contribution is 2.28. The lowest BCUT2D eigenvalue weighted by atomic mass is 9.91. The minimum absolute atomic E-state index is 0.336. The van der Waals surface area contributed by atoms with Crippen molar-refractivity contribution in [3.05, 3.63) is 47.2 Å². The van der Waals surface area contributed by atoms with Gasteiger partial charge in [-0.05, 0) is 12.5 Å². The molecule has 0 saturated carbocycles.